The number of urea groups is 1. The van der Waals surface area contributed by atoms with E-state index in [1.807, 2.05) is 49.4 Å². The van der Waals surface area contributed by atoms with Crippen molar-refractivity contribution in [1.29, 1.82) is 0 Å². The molecule has 7 heteroatoms. The molecule has 0 saturated carbocycles. The fourth-order valence-electron chi connectivity index (χ4n) is 3.49. The maximum absolute atomic E-state index is 12.5. The van der Waals surface area contributed by atoms with E-state index in [9.17, 15) is 9.59 Å². The molecule has 2 aromatic carbocycles. The molecule has 7 nitrogen and oxygen atoms in total. The van der Waals surface area contributed by atoms with Crippen LogP contribution in [0.5, 0.6) is 11.5 Å². The molecule has 0 radical (unpaired) electrons. The Labute approximate surface area is 175 Å². The normalized spacial score (nSPS) is 15.9. The number of piperazine rings is 1. The number of ether oxygens (including phenoxy) is 2. The smallest absolute Gasteiger partial charge is 0.321 e. The van der Waals surface area contributed by atoms with Gasteiger partial charge in [-0.2, -0.15) is 0 Å². The number of amides is 3. The Balaban J connectivity index is 1.29. The molecule has 1 N–H and O–H groups in total. The zero-order valence-corrected chi connectivity index (χ0v) is 17.0. The molecule has 1 fully saturated rings. The molecule has 0 aromatic heterocycles. The Morgan fingerprint density at radius 3 is 2.43 bits per heavy atom. The van der Waals surface area contributed by atoms with Crippen LogP contribution in [0.15, 0.2) is 48.5 Å². The van der Waals surface area contributed by atoms with Crippen LogP contribution in [0.2, 0.25) is 0 Å². The summed E-state index contributed by atoms with van der Waals surface area (Å²) in [5.74, 6) is 1.36. The molecule has 0 unspecified atom stereocenters. The predicted molar refractivity (Wildman–Crippen MR) is 115 cm³/mol. The Bertz CT molecular complexity index is 965. The topological polar surface area (TPSA) is 71.1 Å². The van der Waals surface area contributed by atoms with E-state index in [2.05, 4.69) is 5.32 Å². The average Bonchev–Trinajstić information content (AvgIpc) is 2.77. The third-order valence-electron chi connectivity index (χ3n) is 5.13. The molecule has 1 saturated heterocycles. The largest absolute Gasteiger partial charge is 0.486 e. The lowest BCUT2D eigenvalue weighted by Crippen LogP contribution is -2.51. The number of rotatable bonds is 3. The number of nitrogens with one attached hydrogen (secondary N) is 1. The highest BCUT2D eigenvalue weighted by Crippen LogP contribution is 2.31. The molecule has 2 aliphatic heterocycles. The van der Waals surface area contributed by atoms with Gasteiger partial charge in [0.05, 0.1) is 0 Å². The SMILES string of the molecule is Cc1cccc(NC(=O)N2CCN(C(=O)/C=C/c3ccc4c(c3)OCCO4)CC2)c1. The monoisotopic (exact) mass is 407 g/mol. The van der Waals surface area contributed by atoms with Crippen LogP contribution in [0.25, 0.3) is 6.08 Å². The van der Waals surface area contributed by atoms with Crippen molar-refractivity contribution in [1.82, 2.24) is 9.80 Å². The summed E-state index contributed by atoms with van der Waals surface area (Å²) in [5.41, 5.74) is 2.75. The van der Waals surface area contributed by atoms with Gasteiger partial charge in [0.1, 0.15) is 13.2 Å². The Hall–Kier alpha value is -3.48. The van der Waals surface area contributed by atoms with E-state index in [-0.39, 0.29) is 11.9 Å². The lowest BCUT2D eigenvalue weighted by Gasteiger charge is -2.34. The summed E-state index contributed by atoms with van der Waals surface area (Å²) < 4.78 is 11.1. The molecular formula is C23H25N3O4. The van der Waals surface area contributed by atoms with Crippen LogP contribution < -0.4 is 14.8 Å². The van der Waals surface area contributed by atoms with Crippen LogP contribution in [0.3, 0.4) is 0 Å². The summed E-state index contributed by atoms with van der Waals surface area (Å²) in [6, 6.07) is 13.2. The predicted octanol–water partition coefficient (Wildman–Crippen LogP) is 3.16. The van der Waals surface area contributed by atoms with Gasteiger partial charge in [-0.3, -0.25) is 4.79 Å². The van der Waals surface area contributed by atoms with Gasteiger partial charge in [-0.15, -0.1) is 0 Å². The van der Waals surface area contributed by atoms with Gasteiger partial charge >= 0.3 is 6.03 Å². The first-order chi connectivity index (χ1) is 14.6. The molecule has 4 rings (SSSR count). The summed E-state index contributed by atoms with van der Waals surface area (Å²) in [6.07, 6.45) is 3.34. The minimum Gasteiger partial charge on any atom is -0.486 e. The van der Waals surface area contributed by atoms with E-state index in [0.717, 1.165) is 22.6 Å². The number of hydrogen-bond acceptors (Lipinski definition) is 4. The van der Waals surface area contributed by atoms with Gasteiger partial charge in [0.2, 0.25) is 5.91 Å². The number of hydrogen-bond donors (Lipinski definition) is 1. The van der Waals surface area contributed by atoms with Crippen molar-refractivity contribution in [2.45, 2.75) is 6.92 Å². The van der Waals surface area contributed by atoms with Crippen molar-refractivity contribution >= 4 is 23.7 Å². The highest BCUT2D eigenvalue weighted by atomic mass is 16.6. The summed E-state index contributed by atoms with van der Waals surface area (Å²) in [7, 11) is 0. The summed E-state index contributed by atoms with van der Waals surface area (Å²) in [5, 5.41) is 2.92. The first kappa shape index (κ1) is 19.8. The highest BCUT2D eigenvalue weighted by Gasteiger charge is 2.23. The van der Waals surface area contributed by atoms with Crippen molar-refractivity contribution in [3.8, 4) is 11.5 Å². The minimum atomic E-state index is -0.139. The minimum absolute atomic E-state index is 0.0661. The quantitative estimate of drug-likeness (QED) is 0.794. The molecule has 2 heterocycles. The van der Waals surface area contributed by atoms with E-state index in [1.165, 1.54) is 0 Å². The number of benzene rings is 2. The van der Waals surface area contributed by atoms with Gasteiger partial charge in [-0.25, -0.2) is 4.79 Å². The fraction of sp³-hybridized carbons (Fsp3) is 0.304. The van der Waals surface area contributed by atoms with Gasteiger partial charge < -0.3 is 24.6 Å². The number of fused-ring (bicyclic) bond motifs is 1. The van der Waals surface area contributed by atoms with E-state index in [0.29, 0.717) is 45.1 Å². The highest BCUT2D eigenvalue weighted by molar-refractivity contribution is 5.92. The van der Waals surface area contributed by atoms with E-state index in [1.54, 1.807) is 22.0 Å². The van der Waals surface area contributed by atoms with Crippen LogP contribution in [0.4, 0.5) is 10.5 Å². The molecular weight excluding hydrogens is 382 g/mol. The van der Waals surface area contributed by atoms with Gasteiger partial charge in [0.15, 0.2) is 11.5 Å². The third-order valence-corrected chi connectivity index (χ3v) is 5.13. The summed E-state index contributed by atoms with van der Waals surface area (Å²) >= 11 is 0. The first-order valence-corrected chi connectivity index (χ1v) is 10.1. The van der Waals surface area contributed by atoms with Crippen LogP contribution in [-0.2, 0) is 4.79 Å². The Kier molecular flexibility index (Phi) is 5.88. The average molecular weight is 407 g/mol. The lowest BCUT2D eigenvalue weighted by molar-refractivity contribution is -0.127. The van der Waals surface area contributed by atoms with Gasteiger partial charge in [0, 0.05) is 37.9 Å². The number of carbonyl (C=O) groups is 2. The standard InChI is InChI=1S/C23H25N3O4/c1-17-3-2-4-19(15-17)24-23(28)26-11-9-25(10-12-26)22(27)8-6-18-5-7-20-21(16-18)30-14-13-29-20/h2-8,15-16H,9-14H2,1H3,(H,24,28)/b8-6+. The molecule has 30 heavy (non-hydrogen) atoms. The van der Waals surface area contributed by atoms with Gasteiger partial charge in [-0.05, 0) is 48.4 Å². The van der Waals surface area contributed by atoms with Crippen molar-refractivity contribution in [2.24, 2.45) is 0 Å². The number of carbonyl (C=O) groups excluding carboxylic acids is 2. The number of anilines is 1. The molecule has 0 bridgehead atoms. The molecule has 3 amide bonds. The Morgan fingerprint density at radius 1 is 0.933 bits per heavy atom. The van der Waals surface area contributed by atoms with Gasteiger partial charge in [-0.1, -0.05) is 18.2 Å². The van der Waals surface area contributed by atoms with Crippen molar-refractivity contribution < 1.29 is 19.1 Å². The van der Waals surface area contributed by atoms with Gasteiger partial charge in [0.25, 0.3) is 0 Å². The number of aryl methyl sites for hydroxylation is 1. The van der Waals surface area contributed by atoms with Crippen molar-refractivity contribution in [3.05, 3.63) is 59.7 Å². The molecule has 156 valence electrons. The zero-order valence-electron chi connectivity index (χ0n) is 17.0. The zero-order chi connectivity index (χ0) is 20.9. The van der Waals surface area contributed by atoms with Crippen LogP contribution in [0, 0.1) is 6.92 Å². The molecule has 2 aromatic rings. The van der Waals surface area contributed by atoms with Crippen LogP contribution in [0.1, 0.15) is 11.1 Å². The molecule has 0 atom stereocenters. The summed E-state index contributed by atoms with van der Waals surface area (Å²) in [6.45, 7) is 5.08. The van der Waals surface area contributed by atoms with E-state index < -0.39 is 0 Å². The fourth-order valence-corrected chi connectivity index (χ4v) is 3.49. The Morgan fingerprint density at radius 2 is 1.67 bits per heavy atom. The van der Waals surface area contributed by atoms with Crippen molar-refractivity contribution in [2.75, 3.05) is 44.7 Å². The van der Waals surface area contributed by atoms with Crippen molar-refractivity contribution in [3.63, 3.8) is 0 Å². The van der Waals surface area contributed by atoms with E-state index in [4.69, 9.17) is 9.47 Å². The summed E-state index contributed by atoms with van der Waals surface area (Å²) in [4.78, 5) is 28.5. The van der Waals surface area contributed by atoms with Crippen LogP contribution >= 0.6 is 0 Å². The second kappa shape index (κ2) is 8.90. The second-order valence-corrected chi connectivity index (χ2v) is 7.35. The third kappa shape index (κ3) is 4.74. The molecule has 0 spiro atoms. The van der Waals surface area contributed by atoms with Crippen LogP contribution in [-0.4, -0.2) is 61.1 Å². The maximum Gasteiger partial charge on any atom is 0.321 e. The number of nitrogens with zero attached hydrogens (tertiary/aromatic N) is 2. The molecule has 0 aliphatic carbocycles. The first-order valence-electron chi connectivity index (χ1n) is 10.1. The lowest BCUT2D eigenvalue weighted by atomic mass is 10.1. The second-order valence-electron chi connectivity index (χ2n) is 7.35. The maximum atomic E-state index is 12.5. The molecule has 2 aliphatic rings. The van der Waals surface area contributed by atoms with E-state index >= 15 is 0 Å².